The highest BCUT2D eigenvalue weighted by Crippen LogP contribution is 2.20. The van der Waals surface area contributed by atoms with Crippen molar-refractivity contribution < 1.29 is 30.0 Å². The molecule has 110 valence electrons. The first-order valence-electron chi connectivity index (χ1n) is 6.21. The molecule has 7 heteroatoms. The van der Waals surface area contributed by atoms with Crippen molar-refractivity contribution in [1.82, 2.24) is 5.32 Å². The number of ether oxygens (including phenoxy) is 1. The van der Waals surface area contributed by atoms with Crippen LogP contribution in [0.5, 0.6) is 0 Å². The minimum absolute atomic E-state index is 0.355. The second-order valence-electron chi connectivity index (χ2n) is 4.59. The van der Waals surface area contributed by atoms with Crippen molar-refractivity contribution in [3.8, 4) is 0 Å². The van der Waals surface area contributed by atoms with Gasteiger partial charge in [0.05, 0.1) is 12.6 Å². The summed E-state index contributed by atoms with van der Waals surface area (Å²) >= 11 is 0. The van der Waals surface area contributed by atoms with Gasteiger partial charge in [0.25, 0.3) is 5.91 Å². The quantitative estimate of drug-likeness (QED) is 0.447. The van der Waals surface area contributed by atoms with Crippen LogP contribution >= 0.6 is 0 Å². The maximum atomic E-state index is 12.0. The molecular formula is C13H17NO6. The van der Waals surface area contributed by atoms with Gasteiger partial charge in [0, 0.05) is 5.56 Å². The van der Waals surface area contributed by atoms with Crippen molar-refractivity contribution in [1.29, 1.82) is 0 Å². The van der Waals surface area contributed by atoms with E-state index in [0.29, 0.717) is 5.56 Å². The fraction of sp³-hybridized carbons (Fsp3) is 0.462. The predicted molar refractivity (Wildman–Crippen MR) is 67.7 cm³/mol. The molecule has 1 aromatic rings. The Balaban J connectivity index is 2.11. The SMILES string of the molecule is O=C(N[C@@H]1[C@@H](O)[C@H](O)O[C@H](CO)[C@@H]1O)c1ccccc1. The smallest absolute Gasteiger partial charge is 0.251 e. The zero-order valence-electron chi connectivity index (χ0n) is 10.6. The Morgan fingerprint density at radius 1 is 1.15 bits per heavy atom. The fourth-order valence-corrected chi connectivity index (χ4v) is 2.10. The van der Waals surface area contributed by atoms with E-state index < -0.39 is 43.2 Å². The summed E-state index contributed by atoms with van der Waals surface area (Å²) in [5, 5.41) is 40.7. The standard InChI is InChI=1S/C13H17NO6/c15-6-8-10(16)9(11(17)13(19)20-8)14-12(18)7-4-2-1-3-5-7/h1-5,8-11,13,15-17,19H,6H2,(H,14,18)/t8-,9+,10+,11-,13-/m1/s1. The summed E-state index contributed by atoms with van der Waals surface area (Å²) in [5.74, 6) is -0.500. The third-order valence-corrected chi connectivity index (χ3v) is 3.24. The van der Waals surface area contributed by atoms with Crippen molar-refractivity contribution in [2.45, 2.75) is 30.6 Å². The summed E-state index contributed by atoms with van der Waals surface area (Å²) in [6.07, 6.45) is -5.47. The summed E-state index contributed by atoms with van der Waals surface area (Å²) in [6.45, 7) is -0.539. The maximum Gasteiger partial charge on any atom is 0.251 e. The highest BCUT2D eigenvalue weighted by Gasteiger charge is 2.44. The van der Waals surface area contributed by atoms with E-state index in [1.54, 1.807) is 30.3 Å². The molecule has 0 bridgehead atoms. The molecule has 1 fully saturated rings. The number of aliphatic hydroxyl groups excluding tert-OH is 4. The van der Waals surface area contributed by atoms with Gasteiger partial charge in [0.2, 0.25) is 0 Å². The van der Waals surface area contributed by atoms with E-state index in [4.69, 9.17) is 9.84 Å². The third kappa shape index (κ3) is 2.97. The molecule has 0 saturated carbocycles. The van der Waals surface area contributed by atoms with E-state index in [9.17, 15) is 20.1 Å². The van der Waals surface area contributed by atoms with Crippen molar-refractivity contribution in [2.75, 3.05) is 6.61 Å². The third-order valence-electron chi connectivity index (χ3n) is 3.24. The van der Waals surface area contributed by atoms with Gasteiger partial charge in [0.1, 0.15) is 18.3 Å². The Morgan fingerprint density at radius 3 is 2.40 bits per heavy atom. The number of hydrogen-bond acceptors (Lipinski definition) is 6. The zero-order chi connectivity index (χ0) is 14.7. The molecule has 0 aromatic heterocycles. The Kier molecular flexibility index (Phi) is 4.69. The van der Waals surface area contributed by atoms with Crippen molar-refractivity contribution in [3.63, 3.8) is 0 Å². The van der Waals surface area contributed by atoms with Crippen LogP contribution in [0.15, 0.2) is 30.3 Å². The summed E-state index contributed by atoms with van der Waals surface area (Å²) < 4.78 is 4.83. The van der Waals surface area contributed by atoms with Crippen LogP contribution in [-0.4, -0.2) is 63.6 Å². The minimum Gasteiger partial charge on any atom is -0.394 e. The van der Waals surface area contributed by atoms with E-state index in [-0.39, 0.29) is 0 Å². The molecule has 1 heterocycles. The molecule has 20 heavy (non-hydrogen) atoms. The Hall–Kier alpha value is -1.51. The lowest BCUT2D eigenvalue weighted by Gasteiger charge is -2.40. The number of carbonyl (C=O) groups excluding carboxylic acids is 1. The summed E-state index contributed by atoms with van der Waals surface area (Å²) in [5.41, 5.74) is 0.355. The first kappa shape index (κ1) is 14.9. The first-order valence-corrected chi connectivity index (χ1v) is 6.21. The number of rotatable bonds is 3. The molecule has 1 aliphatic rings. The highest BCUT2D eigenvalue weighted by atomic mass is 16.6. The molecule has 0 aliphatic carbocycles. The van der Waals surface area contributed by atoms with Gasteiger partial charge in [-0.1, -0.05) is 18.2 Å². The lowest BCUT2D eigenvalue weighted by atomic mass is 9.96. The molecule has 5 N–H and O–H groups in total. The Labute approximate surface area is 115 Å². The van der Waals surface area contributed by atoms with Crippen LogP contribution in [0, 0.1) is 0 Å². The van der Waals surface area contributed by atoms with Crippen molar-refractivity contribution in [3.05, 3.63) is 35.9 Å². The summed E-state index contributed by atoms with van der Waals surface area (Å²) in [6, 6.07) is 7.12. The summed E-state index contributed by atoms with van der Waals surface area (Å²) in [4.78, 5) is 12.0. The molecule has 5 atom stereocenters. The molecule has 1 amide bonds. The van der Waals surface area contributed by atoms with Gasteiger partial charge in [-0.25, -0.2) is 0 Å². The van der Waals surface area contributed by atoms with E-state index in [0.717, 1.165) is 0 Å². The molecule has 0 unspecified atom stereocenters. The average molecular weight is 283 g/mol. The topological polar surface area (TPSA) is 119 Å². The monoisotopic (exact) mass is 283 g/mol. The van der Waals surface area contributed by atoms with Crippen LogP contribution in [0.25, 0.3) is 0 Å². The average Bonchev–Trinajstić information content (AvgIpc) is 2.48. The molecule has 1 aromatic carbocycles. The van der Waals surface area contributed by atoms with Crippen molar-refractivity contribution in [2.24, 2.45) is 0 Å². The van der Waals surface area contributed by atoms with Gasteiger partial charge in [0.15, 0.2) is 6.29 Å². The number of nitrogens with one attached hydrogen (secondary N) is 1. The van der Waals surface area contributed by atoms with E-state index in [1.165, 1.54) is 0 Å². The number of hydrogen-bond donors (Lipinski definition) is 5. The molecule has 1 aliphatic heterocycles. The van der Waals surface area contributed by atoms with Gasteiger partial charge in [-0.2, -0.15) is 0 Å². The molecule has 7 nitrogen and oxygen atoms in total. The first-order chi connectivity index (χ1) is 9.54. The second kappa shape index (κ2) is 6.29. The van der Waals surface area contributed by atoms with Crippen molar-refractivity contribution >= 4 is 5.91 Å². The molecule has 0 spiro atoms. The zero-order valence-corrected chi connectivity index (χ0v) is 10.6. The van der Waals surface area contributed by atoms with Gasteiger partial charge in [-0.15, -0.1) is 0 Å². The summed E-state index contributed by atoms with van der Waals surface area (Å²) in [7, 11) is 0. The van der Waals surface area contributed by atoms with Gasteiger partial charge >= 0.3 is 0 Å². The van der Waals surface area contributed by atoms with Gasteiger partial charge in [-0.3, -0.25) is 4.79 Å². The Morgan fingerprint density at radius 2 is 1.80 bits per heavy atom. The lowest BCUT2D eigenvalue weighted by molar-refractivity contribution is -0.260. The van der Waals surface area contributed by atoms with Crippen LogP contribution in [0.1, 0.15) is 10.4 Å². The highest BCUT2D eigenvalue weighted by molar-refractivity contribution is 5.94. The van der Waals surface area contributed by atoms with Crippen LogP contribution in [0.2, 0.25) is 0 Å². The number of amides is 1. The van der Waals surface area contributed by atoms with E-state index in [1.807, 2.05) is 0 Å². The van der Waals surface area contributed by atoms with Gasteiger partial charge in [-0.05, 0) is 12.1 Å². The van der Waals surface area contributed by atoms with E-state index in [2.05, 4.69) is 5.32 Å². The van der Waals surface area contributed by atoms with Crippen LogP contribution in [0.3, 0.4) is 0 Å². The Bertz CT molecular complexity index is 453. The maximum absolute atomic E-state index is 12.0. The normalized spacial score (nSPS) is 33.7. The largest absolute Gasteiger partial charge is 0.394 e. The van der Waals surface area contributed by atoms with Gasteiger partial charge < -0.3 is 30.5 Å². The number of benzene rings is 1. The number of carbonyl (C=O) groups is 1. The molecular weight excluding hydrogens is 266 g/mol. The van der Waals surface area contributed by atoms with E-state index >= 15 is 0 Å². The second-order valence-corrected chi connectivity index (χ2v) is 4.59. The fourth-order valence-electron chi connectivity index (χ4n) is 2.10. The number of aliphatic hydroxyl groups is 4. The molecule has 0 radical (unpaired) electrons. The van der Waals surface area contributed by atoms with Crippen LogP contribution in [0.4, 0.5) is 0 Å². The lowest BCUT2D eigenvalue weighted by Crippen LogP contribution is -2.64. The van der Waals surface area contributed by atoms with Crippen LogP contribution < -0.4 is 5.32 Å². The molecule has 2 rings (SSSR count). The predicted octanol–water partition coefficient (Wildman–Crippen LogP) is -1.78. The van der Waals surface area contributed by atoms with Crippen LogP contribution in [-0.2, 0) is 4.74 Å². The minimum atomic E-state index is -1.59. The molecule has 1 saturated heterocycles.